The maximum atomic E-state index is 12.5. The Morgan fingerprint density at radius 2 is 1.15 bits per heavy atom. The number of nitrogens with zero attached hydrogens (tertiary/aromatic N) is 4. The lowest BCUT2D eigenvalue weighted by Gasteiger charge is -2.38. The molecule has 3 fully saturated rings. The summed E-state index contributed by atoms with van der Waals surface area (Å²) in [6.07, 6.45) is 7.83. The number of rotatable bonds is 8. The van der Waals surface area contributed by atoms with Crippen LogP contribution in [0.3, 0.4) is 0 Å². The number of benzene rings is 4. The standard InChI is InChI=1S/C27H28N4O3.C22H19N3O2/c1-32-24-22-21(18-6-3-2-4-7-18)23(19-8-10-20(11-9-19)27(28)12-5-13-27)34-25(22)30-26(29-24)31-14-16-33-17-15-31;23-22(11-4-12-22)16-9-7-15(8-10-16)19-17(14-5-2-1-3-6-14)18-20(26)24-13-25-21(18)27-19/h2-4,6-11H,5,12-17,28H2,1H3;1-3,5-10,13H,4,11-12,23H2,(H,24,25,26). The topological polar surface area (TPSA) is 172 Å². The molecule has 2 saturated carbocycles. The van der Waals surface area contributed by atoms with E-state index >= 15 is 0 Å². The van der Waals surface area contributed by atoms with E-state index in [1.54, 1.807) is 7.11 Å². The van der Waals surface area contributed by atoms with Crippen molar-refractivity contribution in [3.63, 3.8) is 0 Å². The Kier molecular flexibility index (Phi) is 9.98. The van der Waals surface area contributed by atoms with Crippen LogP contribution in [0.2, 0.25) is 0 Å². The minimum Gasteiger partial charge on any atom is -0.480 e. The summed E-state index contributed by atoms with van der Waals surface area (Å²) in [4.78, 5) is 31.0. The number of hydrogen-bond acceptors (Lipinski definition) is 11. The molecule has 0 spiro atoms. The highest BCUT2D eigenvalue weighted by Gasteiger charge is 2.35. The summed E-state index contributed by atoms with van der Waals surface area (Å²) < 4.78 is 23.7. The van der Waals surface area contributed by atoms with Crippen LogP contribution in [0.1, 0.15) is 49.7 Å². The first kappa shape index (κ1) is 38.6. The van der Waals surface area contributed by atoms with Gasteiger partial charge in [0, 0.05) is 46.4 Å². The third-order valence-corrected chi connectivity index (χ3v) is 12.5. The number of nitrogens with two attached hydrogens (primary N) is 2. The summed E-state index contributed by atoms with van der Waals surface area (Å²) in [5.74, 6) is 2.50. The van der Waals surface area contributed by atoms with Gasteiger partial charge in [0.25, 0.3) is 5.56 Å². The van der Waals surface area contributed by atoms with Crippen LogP contribution in [-0.4, -0.2) is 53.3 Å². The summed E-state index contributed by atoms with van der Waals surface area (Å²) >= 11 is 0. The zero-order valence-electron chi connectivity index (χ0n) is 34.0. The van der Waals surface area contributed by atoms with E-state index in [0.717, 1.165) is 88.9 Å². The monoisotopic (exact) mass is 813 g/mol. The molecule has 0 amide bonds. The molecular weight excluding hydrogens is 767 g/mol. The fraction of sp³-hybridized carbons (Fsp3) is 0.265. The maximum Gasteiger partial charge on any atom is 0.262 e. The van der Waals surface area contributed by atoms with E-state index in [9.17, 15) is 4.79 Å². The van der Waals surface area contributed by atoms with Gasteiger partial charge in [0.05, 0.1) is 26.7 Å². The van der Waals surface area contributed by atoms with Gasteiger partial charge >= 0.3 is 0 Å². The average molecular weight is 814 g/mol. The van der Waals surface area contributed by atoms with Crippen LogP contribution in [0.25, 0.3) is 67.1 Å². The van der Waals surface area contributed by atoms with Gasteiger partial charge in [-0.15, -0.1) is 0 Å². The minimum atomic E-state index is -0.208. The summed E-state index contributed by atoms with van der Waals surface area (Å²) in [5.41, 5.74) is 21.1. The Morgan fingerprint density at radius 3 is 1.64 bits per heavy atom. The molecule has 12 nitrogen and oxygen atoms in total. The summed E-state index contributed by atoms with van der Waals surface area (Å²) in [7, 11) is 1.64. The van der Waals surface area contributed by atoms with Crippen molar-refractivity contribution in [2.75, 3.05) is 38.3 Å². The first-order valence-electron chi connectivity index (χ1n) is 20.9. The third kappa shape index (κ3) is 7.06. The molecule has 5 heterocycles. The predicted molar refractivity (Wildman–Crippen MR) is 237 cm³/mol. The number of methoxy groups -OCH3 is 1. The molecule has 0 bridgehead atoms. The van der Waals surface area contributed by atoms with Crippen molar-refractivity contribution in [2.45, 2.75) is 49.6 Å². The molecule has 4 aromatic carbocycles. The van der Waals surface area contributed by atoms with Crippen molar-refractivity contribution in [1.29, 1.82) is 0 Å². The van der Waals surface area contributed by atoms with Crippen molar-refractivity contribution in [1.82, 2.24) is 19.9 Å². The number of morpholine rings is 1. The van der Waals surface area contributed by atoms with Gasteiger partial charge in [0.15, 0.2) is 0 Å². The van der Waals surface area contributed by atoms with Crippen molar-refractivity contribution in [3.8, 4) is 50.8 Å². The van der Waals surface area contributed by atoms with Gasteiger partial charge in [-0.2, -0.15) is 9.97 Å². The molecule has 1 saturated heterocycles. The van der Waals surface area contributed by atoms with Crippen LogP contribution >= 0.6 is 0 Å². The number of furan rings is 2. The maximum absolute atomic E-state index is 12.5. The van der Waals surface area contributed by atoms with Crippen molar-refractivity contribution >= 4 is 28.1 Å². The van der Waals surface area contributed by atoms with E-state index in [2.05, 4.69) is 63.4 Å². The van der Waals surface area contributed by atoms with Crippen LogP contribution in [0.4, 0.5) is 5.95 Å². The summed E-state index contributed by atoms with van der Waals surface area (Å²) in [6, 6.07) is 36.5. The largest absolute Gasteiger partial charge is 0.480 e. The lowest BCUT2D eigenvalue weighted by atomic mass is 9.72. The number of aromatic amines is 1. The zero-order chi connectivity index (χ0) is 41.6. The quantitative estimate of drug-likeness (QED) is 0.134. The van der Waals surface area contributed by atoms with Crippen LogP contribution in [-0.2, 0) is 15.8 Å². The molecular formula is C49H47N7O5. The molecule has 5 N–H and O–H groups in total. The summed E-state index contributed by atoms with van der Waals surface area (Å²) in [5, 5.41) is 1.25. The van der Waals surface area contributed by atoms with Gasteiger partial charge < -0.3 is 39.7 Å². The lowest BCUT2D eigenvalue weighted by Crippen LogP contribution is -2.43. The SMILES string of the molecule is COc1nc(N2CCOCC2)nc2oc(-c3ccc(C4(N)CCC4)cc3)c(-c3ccccc3)c12.NC1(c2ccc(-c3oc4nc[nH]c(=O)c4c3-c3ccccc3)cc2)CCC1. The number of fused-ring (bicyclic) bond motifs is 2. The normalized spacial score (nSPS) is 16.7. The van der Waals surface area contributed by atoms with Gasteiger partial charge in [-0.05, 0) is 60.8 Å². The first-order valence-corrected chi connectivity index (χ1v) is 20.9. The van der Waals surface area contributed by atoms with E-state index in [1.807, 2.05) is 60.7 Å². The second kappa shape index (κ2) is 15.8. The Hall–Kier alpha value is -6.60. The van der Waals surface area contributed by atoms with Crippen LogP contribution in [0.5, 0.6) is 5.88 Å². The molecule has 12 heteroatoms. The van der Waals surface area contributed by atoms with Gasteiger partial charge in [-0.1, -0.05) is 109 Å². The van der Waals surface area contributed by atoms with Gasteiger partial charge in [0.2, 0.25) is 23.3 Å². The fourth-order valence-corrected chi connectivity index (χ4v) is 8.72. The molecule has 2 aliphatic carbocycles. The number of hydrogen-bond donors (Lipinski definition) is 3. The average Bonchev–Trinajstić information content (AvgIpc) is 3.89. The highest BCUT2D eigenvalue weighted by atomic mass is 16.5. The van der Waals surface area contributed by atoms with Crippen LogP contribution in [0, 0.1) is 0 Å². The van der Waals surface area contributed by atoms with Crippen LogP contribution < -0.4 is 26.7 Å². The molecule has 3 aliphatic rings. The second-order valence-electron chi connectivity index (χ2n) is 16.2. The molecule has 1 aliphatic heterocycles. The molecule has 0 atom stereocenters. The minimum absolute atomic E-state index is 0.198. The molecule has 0 unspecified atom stereocenters. The van der Waals surface area contributed by atoms with E-state index in [0.29, 0.717) is 47.6 Å². The van der Waals surface area contributed by atoms with E-state index in [1.165, 1.54) is 24.7 Å². The molecule has 308 valence electrons. The first-order chi connectivity index (χ1) is 29.8. The smallest absolute Gasteiger partial charge is 0.262 e. The number of aromatic nitrogens is 4. The van der Waals surface area contributed by atoms with E-state index in [4.69, 9.17) is 39.7 Å². The number of ether oxygens (including phenoxy) is 2. The predicted octanol–water partition coefficient (Wildman–Crippen LogP) is 8.93. The Bertz CT molecular complexity index is 2870. The van der Waals surface area contributed by atoms with Crippen LogP contribution in [0.15, 0.2) is 129 Å². The summed E-state index contributed by atoms with van der Waals surface area (Å²) in [6.45, 7) is 2.76. The van der Waals surface area contributed by atoms with E-state index in [-0.39, 0.29) is 16.6 Å². The van der Waals surface area contributed by atoms with E-state index < -0.39 is 0 Å². The Morgan fingerprint density at radius 1 is 0.639 bits per heavy atom. The fourth-order valence-electron chi connectivity index (χ4n) is 8.72. The number of anilines is 1. The highest BCUT2D eigenvalue weighted by Crippen LogP contribution is 2.46. The third-order valence-electron chi connectivity index (χ3n) is 12.5. The van der Waals surface area contributed by atoms with Crippen molar-refractivity contribution in [3.05, 3.63) is 137 Å². The van der Waals surface area contributed by atoms with Crippen molar-refractivity contribution in [2.24, 2.45) is 11.5 Å². The van der Waals surface area contributed by atoms with Gasteiger partial charge in [-0.25, -0.2) is 4.98 Å². The molecule has 0 radical (unpaired) electrons. The zero-order valence-corrected chi connectivity index (χ0v) is 34.0. The molecule has 11 rings (SSSR count). The number of H-pyrrole nitrogens is 1. The number of nitrogens with one attached hydrogen (secondary N) is 1. The molecule has 4 aromatic heterocycles. The Labute approximate surface area is 352 Å². The Balaban J connectivity index is 0.000000150. The highest BCUT2D eigenvalue weighted by molar-refractivity contribution is 6.03. The van der Waals surface area contributed by atoms with Crippen molar-refractivity contribution < 1.29 is 18.3 Å². The molecule has 8 aromatic rings. The van der Waals surface area contributed by atoms with Gasteiger partial charge in [-0.3, -0.25) is 4.79 Å². The lowest BCUT2D eigenvalue weighted by molar-refractivity contribution is 0.122. The molecule has 61 heavy (non-hydrogen) atoms. The second-order valence-corrected chi connectivity index (χ2v) is 16.2. The van der Waals surface area contributed by atoms with Gasteiger partial charge in [0.1, 0.15) is 22.3 Å².